The third kappa shape index (κ3) is 17.8. The van der Waals surface area contributed by atoms with Crippen molar-refractivity contribution in [2.45, 2.75) is 46.0 Å². The fourth-order valence-corrected chi connectivity index (χ4v) is 1.61. The van der Waals surface area contributed by atoms with Crippen LogP contribution >= 0.6 is 0 Å². The Kier molecular flexibility index (Phi) is 17.7. The summed E-state index contributed by atoms with van der Waals surface area (Å²) >= 11 is 0. The molecule has 0 atom stereocenters. The second kappa shape index (κ2) is 17.8. The lowest BCUT2D eigenvalue weighted by Crippen LogP contribution is -2.12. The van der Waals surface area contributed by atoms with E-state index < -0.39 is 0 Å². The van der Waals surface area contributed by atoms with Crippen molar-refractivity contribution in [3.63, 3.8) is 0 Å². The van der Waals surface area contributed by atoms with Crippen LogP contribution in [0.5, 0.6) is 0 Å². The predicted octanol–water partition coefficient (Wildman–Crippen LogP) is 3.04. The molecule has 0 aliphatic heterocycles. The molecular weight excluding hydrogens is 244 g/mol. The topological polar surface area (TPSA) is 36.9 Å². The summed E-state index contributed by atoms with van der Waals surface area (Å²) in [5.74, 6) is 0. The Balaban J connectivity index is 2.88. The van der Waals surface area contributed by atoms with Gasteiger partial charge in [0.05, 0.1) is 39.6 Å². The molecule has 0 spiro atoms. The monoisotopic (exact) mass is 276 g/mol. The maximum atomic E-state index is 5.49. The normalized spacial score (nSPS) is 11.1. The van der Waals surface area contributed by atoms with Crippen LogP contribution in [0.4, 0.5) is 0 Å². The van der Waals surface area contributed by atoms with Crippen LogP contribution in [-0.4, -0.2) is 52.9 Å². The lowest BCUT2D eigenvalue weighted by atomic mass is 10.2. The minimum atomic E-state index is 0.629. The maximum absolute atomic E-state index is 5.49. The quantitative estimate of drug-likeness (QED) is 0.406. The van der Waals surface area contributed by atoms with Gasteiger partial charge < -0.3 is 18.9 Å². The van der Waals surface area contributed by atoms with Crippen molar-refractivity contribution >= 4 is 0 Å². The molecule has 0 unspecified atom stereocenters. The summed E-state index contributed by atoms with van der Waals surface area (Å²) in [7, 11) is 0. The summed E-state index contributed by atoms with van der Waals surface area (Å²) in [6.07, 6.45) is 6.41. The van der Waals surface area contributed by atoms with Crippen molar-refractivity contribution in [2.24, 2.45) is 0 Å². The minimum absolute atomic E-state index is 0.629. The molecule has 19 heavy (non-hydrogen) atoms. The Morgan fingerprint density at radius 3 is 1.47 bits per heavy atom. The van der Waals surface area contributed by atoms with Gasteiger partial charge in [-0.3, -0.25) is 0 Å². The van der Waals surface area contributed by atoms with Crippen molar-refractivity contribution in [1.29, 1.82) is 0 Å². The van der Waals surface area contributed by atoms with E-state index in [0.717, 1.165) is 13.2 Å². The van der Waals surface area contributed by atoms with E-state index in [9.17, 15) is 0 Å². The molecule has 4 heteroatoms. The van der Waals surface area contributed by atoms with Crippen LogP contribution in [0.2, 0.25) is 0 Å². The van der Waals surface area contributed by atoms with Crippen LogP contribution in [0.1, 0.15) is 46.0 Å². The van der Waals surface area contributed by atoms with Crippen molar-refractivity contribution in [1.82, 2.24) is 0 Å². The van der Waals surface area contributed by atoms with Crippen LogP contribution in [0, 0.1) is 0 Å². The Morgan fingerprint density at radius 2 is 0.947 bits per heavy atom. The molecule has 0 bridgehead atoms. The van der Waals surface area contributed by atoms with Gasteiger partial charge in [-0.05, 0) is 13.3 Å². The van der Waals surface area contributed by atoms with Gasteiger partial charge in [-0.2, -0.15) is 0 Å². The van der Waals surface area contributed by atoms with Crippen molar-refractivity contribution in [3.05, 3.63) is 0 Å². The van der Waals surface area contributed by atoms with Gasteiger partial charge in [0.1, 0.15) is 0 Å². The summed E-state index contributed by atoms with van der Waals surface area (Å²) < 4.78 is 21.4. The Morgan fingerprint density at radius 1 is 0.474 bits per heavy atom. The molecule has 0 fully saturated rings. The molecule has 0 aromatic rings. The van der Waals surface area contributed by atoms with Crippen molar-refractivity contribution in [2.75, 3.05) is 52.9 Å². The Labute approximate surface area is 118 Å². The largest absolute Gasteiger partial charge is 0.379 e. The summed E-state index contributed by atoms with van der Waals surface area (Å²) in [4.78, 5) is 0. The first kappa shape index (κ1) is 18.8. The Hall–Kier alpha value is -0.160. The number of hydrogen-bond acceptors (Lipinski definition) is 4. The number of unbranched alkanes of at least 4 members (excludes halogenated alkanes) is 4. The van der Waals surface area contributed by atoms with Crippen LogP contribution in [-0.2, 0) is 18.9 Å². The molecule has 0 aromatic carbocycles. The molecule has 0 amide bonds. The van der Waals surface area contributed by atoms with E-state index in [1.54, 1.807) is 0 Å². The van der Waals surface area contributed by atoms with Crippen LogP contribution in [0.15, 0.2) is 0 Å². The molecule has 0 aliphatic rings. The highest BCUT2D eigenvalue weighted by Gasteiger charge is 1.92. The molecular formula is C15H32O4. The molecule has 116 valence electrons. The van der Waals surface area contributed by atoms with E-state index in [1.165, 1.54) is 32.1 Å². The average molecular weight is 276 g/mol. The van der Waals surface area contributed by atoms with Gasteiger partial charge in [0.2, 0.25) is 0 Å². The van der Waals surface area contributed by atoms with Gasteiger partial charge in [-0.1, -0.05) is 32.6 Å². The zero-order valence-corrected chi connectivity index (χ0v) is 12.8. The van der Waals surface area contributed by atoms with E-state index in [2.05, 4.69) is 6.92 Å². The Bertz CT molecular complexity index is 137. The number of hydrogen-bond donors (Lipinski definition) is 0. The predicted molar refractivity (Wildman–Crippen MR) is 77.7 cm³/mol. The van der Waals surface area contributed by atoms with E-state index in [1.807, 2.05) is 6.92 Å². The van der Waals surface area contributed by atoms with E-state index in [-0.39, 0.29) is 0 Å². The number of rotatable bonds is 16. The van der Waals surface area contributed by atoms with Gasteiger partial charge in [0, 0.05) is 13.2 Å². The van der Waals surface area contributed by atoms with Crippen LogP contribution in [0.3, 0.4) is 0 Å². The summed E-state index contributed by atoms with van der Waals surface area (Å²) in [5, 5.41) is 0. The first-order valence-electron chi connectivity index (χ1n) is 7.72. The van der Waals surface area contributed by atoms with Gasteiger partial charge in [-0.15, -0.1) is 0 Å². The maximum Gasteiger partial charge on any atom is 0.0701 e. The molecule has 0 saturated heterocycles. The third-order valence-electron chi connectivity index (χ3n) is 2.71. The molecule has 0 aliphatic carbocycles. The van der Waals surface area contributed by atoms with E-state index in [4.69, 9.17) is 18.9 Å². The minimum Gasteiger partial charge on any atom is -0.379 e. The third-order valence-corrected chi connectivity index (χ3v) is 2.71. The van der Waals surface area contributed by atoms with Gasteiger partial charge >= 0.3 is 0 Å². The first-order valence-corrected chi connectivity index (χ1v) is 7.72. The van der Waals surface area contributed by atoms with Crippen LogP contribution < -0.4 is 0 Å². The summed E-state index contributed by atoms with van der Waals surface area (Å²) in [5.41, 5.74) is 0. The fraction of sp³-hybridized carbons (Fsp3) is 1.00. The van der Waals surface area contributed by atoms with E-state index in [0.29, 0.717) is 39.6 Å². The molecule has 0 radical (unpaired) electrons. The lowest BCUT2D eigenvalue weighted by molar-refractivity contribution is -0.000839. The highest BCUT2D eigenvalue weighted by molar-refractivity contribution is 4.42. The SMILES string of the molecule is CCCCCCCOCCOCCOCCOCC. The second-order valence-electron chi connectivity index (χ2n) is 4.45. The van der Waals surface area contributed by atoms with Crippen LogP contribution in [0.25, 0.3) is 0 Å². The average Bonchev–Trinajstić information content (AvgIpc) is 2.43. The summed E-state index contributed by atoms with van der Waals surface area (Å²) in [6, 6.07) is 0. The highest BCUT2D eigenvalue weighted by atomic mass is 16.6. The smallest absolute Gasteiger partial charge is 0.0701 e. The lowest BCUT2D eigenvalue weighted by Gasteiger charge is -2.07. The van der Waals surface area contributed by atoms with Crippen molar-refractivity contribution < 1.29 is 18.9 Å². The van der Waals surface area contributed by atoms with Gasteiger partial charge in [0.25, 0.3) is 0 Å². The van der Waals surface area contributed by atoms with Gasteiger partial charge in [0.15, 0.2) is 0 Å². The molecule has 0 heterocycles. The summed E-state index contributed by atoms with van der Waals surface area (Å²) in [6.45, 7) is 9.73. The van der Waals surface area contributed by atoms with E-state index >= 15 is 0 Å². The second-order valence-corrected chi connectivity index (χ2v) is 4.45. The van der Waals surface area contributed by atoms with Crippen molar-refractivity contribution in [3.8, 4) is 0 Å². The highest BCUT2D eigenvalue weighted by Crippen LogP contribution is 2.02. The fourth-order valence-electron chi connectivity index (χ4n) is 1.61. The first-order chi connectivity index (χ1) is 9.41. The molecule has 4 nitrogen and oxygen atoms in total. The molecule has 0 rings (SSSR count). The zero-order valence-electron chi connectivity index (χ0n) is 12.8. The van der Waals surface area contributed by atoms with Gasteiger partial charge in [-0.25, -0.2) is 0 Å². The number of ether oxygens (including phenoxy) is 4. The molecule has 0 aromatic heterocycles. The standard InChI is InChI=1S/C15H32O4/c1-3-5-6-7-8-9-17-12-13-19-15-14-18-11-10-16-4-2/h3-15H2,1-2H3. The molecule has 0 saturated carbocycles. The molecule has 0 N–H and O–H groups in total. The zero-order chi connectivity index (χ0) is 14.0.